The summed E-state index contributed by atoms with van der Waals surface area (Å²) in [6.45, 7) is 1.83. The van der Waals surface area contributed by atoms with Gasteiger partial charge in [-0.25, -0.2) is 0 Å². The number of amides is 1. The van der Waals surface area contributed by atoms with Gasteiger partial charge in [0.2, 0.25) is 5.91 Å². The van der Waals surface area contributed by atoms with Crippen LogP contribution in [0.2, 0.25) is 0 Å². The number of rotatable bonds is 5. The highest BCUT2D eigenvalue weighted by atomic mass is 32.2. The maximum absolute atomic E-state index is 11.4. The Bertz CT molecular complexity index is 403. The van der Waals surface area contributed by atoms with E-state index in [1.54, 1.807) is 17.8 Å². The standard InChI is InChI=1S/C9H13N3O3S/c1-6-3-7(12(2)11-6)10-8(13)4-16-5-9(14)15/h3H,4-5H2,1-2H3,(H,10,13)(H,14,15). The molecule has 88 valence electrons. The highest BCUT2D eigenvalue weighted by Gasteiger charge is 2.07. The monoisotopic (exact) mass is 243 g/mol. The normalized spacial score (nSPS) is 10.1. The molecule has 0 spiro atoms. The number of aromatic nitrogens is 2. The van der Waals surface area contributed by atoms with Crippen molar-refractivity contribution in [2.24, 2.45) is 7.05 Å². The molecule has 1 heterocycles. The van der Waals surface area contributed by atoms with Crippen molar-refractivity contribution in [1.29, 1.82) is 0 Å². The summed E-state index contributed by atoms with van der Waals surface area (Å²) in [6, 6.07) is 1.75. The molecule has 0 radical (unpaired) electrons. The number of aryl methyl sites for hydroxylation is 2. The molecule has 6 nitrogen and oxygen atoms in total. The molecule has 0 unspecified atom stereocenters. The minimum Gasteiger partial charge on any atom is -0.481 e. The van der Waals surface area contributed by atoms with Gasteiger partial charge in [-0.1, -0.05) is 0 Å². The molecule has 2 N–H and O–H groups in total. The Morgan fingerprint density at radius 1 is 1.56 bits per heavy atom. The number of nitrogens with one attached hydrogen (secondary N) is 1. The summed E-state index contributed by atoms with van der Waals surface area (Å²) in [5.74, 6) is -0.490. The van der Waals surface area contributed by atoms with Crippen LogP contribution in [0.5, 0.6) is 0 Å². The Labute approximate surface area is 97.0 Å². The predicted molar refractivity (Wildman–Crippen MR) is 61.5 cm³/mol. The zero-order valence-corrected chi connectivity index (χ0v) is 9.87. The van der Waals surface area contributed by atoms with Crippen LogP contribution in [0.15, 0.2) is 6.07 Å². The van der Waals surface area contributed by atoms with Crippen LogP contribution in [-0.4, -0.2) is 38.3 Å². The van der Waals surface area contributed by atoms with Crippen molar-refractivity contribution in [1.82, 2.24) is 9.78 Å². The van der Waals surface area contributed by atoms with E-state index >= 15 is 0 Å². The van der Waals surface area contributed by atoms with Crippen molar-refractivity contribution in [3.05, 3.63) is 11.8 Å². The van der Waals surface area contributed by atoms with Crippen molar-refractivity contribution in [2.75, 3.05) is 16.8 Å². The maximum Gasteiger partial charge on any atom is 0.313 e. The Balaban J connectivity index is 2.40. The van der Waals surface area contributed by atoms with Crippen LogP contribution in [0.1, 0.15) is 5.69 Å². The second kappa shape index (κ2) is 5.55. The summed E-state index contributed by atoms with van der Waals surface area (Å²) in [5.41, 5.74) is 0.816. The van der Waals surface area contributed by atoms with Crippen molar-refractivity contribution < 1.29 is 14.7 Å². The minimum atomic E-state index is -0.922. The Morgan fingerprint density at radius 2 is 2.25 bits per heavy atom. The molecular weight excluding hydrogens is 230 g/mol. The average molecular weight is 243 g/mol. The fourth-order valence-corrected chi connectivity index (χ4v) is 1.67. The number of carbonyl (C=O) groups is 2. The van der Waals surface area contributed by atoms with Gasteiger partial charge in [-0.15, -0.1) is 11.8 Å². The molecule has 0 aromatic carbocycles. The van der Waals surface area contributed by atoms with Crippen LogP contribution >= 0.6 is 11.8 Å². The van der Waals surface area contributed by atoms with E-state index in [0.717, 1.165) is 17.5 Å². The number of carbonyl (C=O) groups excluding carboxylic acids is 1. The van der Waals surface area contributed by atoms with Gasteiger partial charge in [0, 0.05) is 13.1 Å². The van der Waals surface area contributed by atoms with Crippen LogP contribution in [0.25, 0.3) is 0 Å². The molecule has 0 aliphatic carbocycles. The summed E-state index contributed by atoms with van der Waals surface area (Å²) < 4.78 is 1.56. The molecule has 0 aliphatic heterocycles. The Hall–Kier alpha value is -1.50. The SMILES string of the molecule is Cc1cc(NC(=O)CSCC(=O)O)n(C)n1. The molecular formula is C9H13N3O3S. The zero-order valence-electron chi connectivity index (χ0n) is 9.06. The van der Waals surface area contributed by atoms with Crippen LogP contribution in [0, 0.1) is 6.92 Å². The second-order valence-electron chi connectivity index (χ2n) is 3.23. The molecule has 1 aromatic heterocycles. The Kier molecular flexibility index (Phi) is 4.36. The topological polar surface area (TPSA) is 84.2 Å². The quantitative estimate of drug-likeness (QED) is 0.786. The zero-order chi connectivity index (χ0) is 12.1. The number of nitrogens with zero attached hydrogens (tertiary/aromatic N) is 2. The Morgan fingerprint density at radius 3 is 2.75 bits per heavy atom. The van der Waals surface area contributed by atoms with E-state index in [9.17, 15) is 9.59 Å². The summed E-state index contributed by atoms with van der Waals surface area (Å²) >= 11 is 1.06. The van der Waals surface area contributed by atoms with Gasteiger partial charge < -0.3 is 10.4 Å². The molecule has 16 heavy (non-hydrogen) atoms. The molecule has 0 aliphatic rings. The first-order valence-electron chi connectivity index (χ1n) is 4.59. The van der Waals surface area contributed by atoms with Crippen molar-refractivity contribution in [3.8, 4) is 0 Å². The number of aliphatic carboxylic acids is 1. The van der Waals surface area contributed by atoms with E-state index < -0.39 is 5.97 Å². The molecule has 1 amide bonds. The smallest absolute Gasteiger partial charge is 0.313 e. The van der Waals surface area contributed by atoms with Gasteiger partial charge in [0.25, 0.3) is 0 Å². The lowest BCUT2D eigenvalue weighted by molar-refractivity contribution is -0.133. The minimum absolute atomic E-state index is 0.0716. The number of anilines is 1. The van der Waals surface area contributed by atoms with Crippen molar-refractivity contribution in [2.45, 2.75) is 6.92 Å². The number of carboxylic acid groups (broad SMARTS) is 1. The number of thioether (sulfide) groups is 1. The third kappa shape index (κ3) is 3.93. The lowest BCUT2D eigenvalue weighted by atomic mass is 10.4. The maximum atomic E-state index is 11.4. The second-order valence-corrected chi connectivity index (χ2v) is 4.21. The molecule has 1 aromatic rings. The van der Waals surface area contributed by atoms with E-state index in [1.807, 2.05) is 6.92 Å². The van der Waals surface area contributed by atoms with Gasteiger partial charge in [-0.05, 0) is 6.92 Å². The van der Waals surface area contributed by atoms with E-state index in [0.29, 0.717) is 5.82 Å². The fourth-order valence-electron chi connectivity index (χ4n) is 1.14. The van der Waals surface area contributed by atoms with Gasteiger partial charge in [0.15, 0.2) is 0 Å². The molecule has 0 saturated heterocycles. The number of hydrogen-bond acceptors (Lipinski definition) is 4. The van der Waals surface area contributed by atoms with Gasteiger partial charge in [0.05, 0.1) is 17.2 Å². The number of hydrogen-bond donors (Lipinski definition) is 2. The first-order chi connectivity index (χ1) is 7.49. The van der Waals surface area contributed by atoms with Crippen molar-refractivity contribution >= 4 is 29.5 Å². The summed E-state index contributed by atoms with van der Waals surface area (Å²) in [5, 5.41) is 15.1. The van der Waals surface area contributed by atoms with E-state index in [4.69, 9.17) is 5.11 Å². The van der Waals surface area contributed by atoms with Crippen LogP contribution in [0.3, 0.4) is 0 Å². The summed E-state index contributed by atoms with van der Waals surface area (Å²) in [7, 11) is 1.73. The highest BCUT2D eigenvalue weighted by molar-refractivity contribution is 8.00. The largest absolute Gasteiger partial charge is 0.481 e. The molecule has 0 atom stereocenters. The lowest BCUT2D eigenvalue weighted by Crippen LogP contribution is -2.17. The fraction of sp³-hybridized carbons (Fsp3) is 0.444. The predicted octanol–water partition coefficient (Wildman–Crippen LogP) is 0.485. The molecule has 0 bridgehead atoms. The molecule has 1 rings (SSSR count). The number of carboxylic acids is 1. The van der Waals surface area contributed by atoms with Crippen LogP contribution < -0.4 is 5.32 Å². The lowest BCUT2D eigenvalue weighted by Gasteiger charge is -2.03. The molecule has 0 saturated carbocycles. The summed E-state index contributed by atoms with van der Waals surface area (Å²) in [6.07, 6.45) is 0. The average Bonchev–Trinajstić information content (AvgIpc) is 2.44. The van der Waals surface area contributed by atoms with E-state index in [-0.39, 0.29) is 17.4 Å². The van der Waals surface area contributed by atoms with Gasteiger partial charge >= 0.3 is 5.97 Å². The first kappa shape index (κ1) is 12.6. The van der Waals surface area contributed by atoms with Gasteiger partial charge in [0.1, 0.15) is 5.82 Å². The van der Waals surface area contributed by atoms with Crippen LogP contribution in [0.4, 0.5) is 5.82 Å². The molecule has 0 fully saturated rings. The van der Waals surface area contributed by atoms with Crippen molar-refractivity contribution in [3.63, 3.8) is 0 Å². The third-order valence-electron chi connectivity index (χ3n) is 1.73. The highest BCUT2D eigenvalue weighted by Crippen LogP contribution is 2.09. The van der Waals surface area contributed by atoms with Gasteiger partial charge in [-0.3, -0.25) is 14.3 Å². The van der Waals surface area contributed by atoms with Crippen LogP contribution in [-0.2, 0) is 16.6 Å². The molecule has 7 heteroatoms. The third-order valence-corrected chi connectivity index (χ3v) is 2.65. The van der Waals surface area contributed by atoms with E-state index in [1.165, 1.54) is 0 Å². The van der Waals surface area contributed by atoms with Gasteiger partial charge in [-0.2, -0.15) is 5.10 Å². The summed E-state index contributed by atoms with van der Waals surface area (Å²) in [4.78, 5) is 21.6. The van der Waals surface area contributed by atoms with E-state index in [2.05, 4.69) is 10.4 Å². The first-order valence-corrected chi connectivity index (χ1v) is 5.74.